The molecule has 1 atom stereocenters. The third-order valence-electron chi connectivity index (χ3n) is 3.77. The van der Waals surface area contributed by atoms with Gasteiger partial charge in [-0.2, -0.15) is 0 Å². The van der Waals surface area contributed by atoms with Crippen LogP contribution in [0, 0.1) is 5.92 Å². The van der Waals surface area contributed by atoms with Gasteiger partial charge in [-0.25, -0.2) is 0 Å². The van der Waals surface area contributed by atoms with E-state index in [1.54, 1.807) is 6.07 Å². The topological polar surface area (TPSA) is 58.4 Å². The number of primary amides is 1. The smallest absolute Gasteiger partial charge is 0.252 e. The first kappa shape index (κ1) is 16.1. The summed E-state index contributed by atoms with van der Waals surface area (Å²) in [7, 11) is 0. The summed E-state index contributed by atoms with van der Waals surface area (Å²) in [6.45, 7) is 7.16. The molecule has 1 aromatic rings. The van der Waals surface area contributed by atoms with Crippen LogP contribution in [0.2, 0.25) is 5.02 Å². The lowest BCUT2D eigenvalue weighted by molar-refractivity contribution is 0.100. The van der Waals surface area contributed by atoms with Crippen LogP contribution in [0.25, 0.3) is 0 Å². The average molecular weight is 310 g/mol. The molecule has 116 valence electrons. The molecule has 0 saturated carbocycles. The SMILES string of the molecule is CC(C)CN(CC1CCCN1)c1cccc(Cl)c1C(N)=O. The Bertz CT molecular complexity index is 498. The second-order valence-electron chi connectivity index (χ2n) is 6.09. The molecule has 3 N–H and O–H groups in total. The number of hydrogen-bond donors (Lipinski definition) is 2. The predicted octanol–water partition coefficient (Wildman–Crippen LogP) is 2.65. The molecule has 1 unspecified atom stereocenters. The summed E-state index contributed by atoms with van der Waals surface area (Å²) in [5.41, 5.74) is 6.80. The summed E-state index contributed by atoms with van der Waals surface area (Å²) < 4.78 is 0. The van der Waals surface area contributed by atoms with Gasteiger partial charge in [0.05, 0.1) is 16.3 Å². The van der Waals surface area contributed by atoms with Crippen LogP contribution in [0.3, 0.4) is 0 Å². The Hall–Kier alpha value is -1.26. The highest BCUT2D eigenvalue weighted by Gasteiger charge is 2.23. The first-order valence-electron chi connectivity index (χ1n) is 7.55. The van der Waals surface area contributed by atoms with Crippen molar-refractivity contribution in [3.63, 3.8) is 0 Å². The molecule has 2 rings (SSSR count). The molecule has 1 saturated heterocycles. The number of nitrogens with zero attached hydrogens (tertiary/aromatic N) is 1. The van der Waals surface area contributed by atoms with Gasteiger partial charge in [-0.3, -0.25) is 4.79 Å². The summed E-state index contributed by atoms with van der Waals surface area (Å²) in [6, 6.07) is 5.98. The summed E-state index contributed by atoms with van der Waals surface area (Å²) >= 11 is 6.18. The number of rotatable bonds is 6. The molecule has 1 amide bonds. The summed E-state index contributed by atoms with van der Waals surface area (Å²) in [6.07, 6.45) is 2.37. The van der Waals surface area contributed by atoms with Crippen LogP contribution in [0.4, 0.5) is 5.69 Å². The second-order valence-corrected chi connectivity index (χ2v) is 6.50. The van der Waals surface area contributed by atoms with E-state index in [2.05, 4.69) is 24.1 Å². The minimum atomic E-state index is -0.469. The predicted molar refractivity (Wildman–Crippen MR) is 88.0 cm³/mol. The lowest BCUT2D eigenvalue weighted by Crippen LogP contribution is -2.40. The molecule has 1 heterocycles. The fraction of sp³-hybridized carbons (Fsp3) is 0.562. The molecule has 21 heavy (non-hydrogen) atoms. The molecule has 0 spiro atoms. The number of benzene rings is 1. The maximum Gasteiger partial charge on any atom is 0.252 e. The quantitative estimate of drug-likeness (QED) is 0.849. The largest absolute Gasteiger partial charge is 0.369 e. The van der Waals surface area contributed by atoms with E-state index >= 15 is 0 Å². The Morgan fingerprint density at radius 1 is 1.52 bits per heavy atom. The van der Waals surface area contributed by atoms with Gasteiger partial charge in [-0.15, -0.1) is 0 Å². The monoisotopic (exact) mass is 309 g/mol. The number of hydrogen-bond acceptors (Lipinski definition) is 3. The summed E-state index contributed by atoms with van der Waals surface area (Å²) in [4.78, 5) is 14.0. The van der Waals surface area contributed by atoms with Gasteiger partial charge in [0.1, 0.15) is 0 Å². The molecule has 0 radical (unpaired) electrons. The van der Waals surface area contributed by atoms with Crippen molar-refractivity contribution < 1.29 is 4.79 Å². The Labute approximate surface area is 131 Å². The number of nitrogens with one attached hydrogen (secondary N) is 1. The molecule has 5 heteroatoms. The molecule has 1 aliphatic heterocycles. The van der Waals surface area contributed by atoms with Gasteiger partial charge in [-0.05, 0) is 37.4 Å². The number of carbonyl (C=O) groups is 1. The molecular formula is C16H24ClN3O. The lowest BCUT2D eigenvalue weighted by Gasteiger charge is -2.31. The maximum absolute atomic E-state index is 11.8. The fourth-order valence-corrected chi connectivity index (χ4v) is 3.17. The fourth-order valence-electron chi connectivity index (χ4n) is 2.91. The Balaban J connectivity index is 2.31. The zero-order chi connectivity index (χ0) is 15.4. The zero-order valence-corrected chi connectivity index (χ0v) is 13.5. The van der Waals surface area contributed by atoms with Crippen molar-refractivity contribution in [3.05, 3.63) is 28.8 Å². The maximum atomic E-state index is 11.8. The molecule has 1 fully saturated rings. The van der Waals surface area contributed by atoms with Gasteiger partial charge in [0.2, 0.25) is 0 Å². The van der Waals surface area contributed by atoms with E-state index in [1.807, 2.05) is 12.1 Å². The first-order chi connectivity index (χ1) is 9.99. The van der Waals surface area contributed by atoms with E-state index in [1.165, 1.54) is 12.8 Å². The molecule has 4 nitrogen and oxygen atoms in total. The number of nitrogens with two attached hydrogens (primary N) is 1. The van der Waals surface area contributed by atoms with Crippen molar-refractivity contribution in [2.75, 3.05) is 24.5 Å². The molecule has 0 aromatic heterocycles. The van der Waals surface area contributed by atoms with Crippen molar-refractivity contribution in [1.29, 1.82) is 0 Å². The van der Waals surface area contributed by atoms with Crippen molar-refractivity contribution in [3.8, 4) is 0 Å². The van der Waals surface area contributed by atoms with E-state index in [4.69, 9.17) is 17.3 Å². The van der Waals surface area contributed by atoms with Gasteiger partial charge < -0.3 is 16.0 Å². The number of halogens is 1. The van der Waals surface area contributed by atoms with Gasteiger partial charge in [0.15, 0.2) is 0 Å². The van der Waals surface area contributed by atoms with Crippen molar-refractivity contribution in [2.45, 2.75) is 32.7 Å². The average Bonchev–Trinajstić information content (AvgIpc) is 2.89. The third-order valence-corrected chi connectivity index (χ3v) is 4.08. The zero-order valence-electron chi connectivity index (χ0n) is 12.7. The van der Waals surface area contributed by atoms with Crippen molar-refractivity contribution >= 4 is 23.2 Å². The van der Waals surface area contributed by atoms with Crippen molar-refractivity contribution in [2.24, 2.45) is 11.7 Å². The van der Waals surface area contributed by atoms with Crippen LogP contribution < -0.4 is 16.0 Å². The van der Waals surface area contributed by atoms with E-state index in [9.17, 15) is 4.79 Å². The second kappa shape index (κ2) is 7.14. The van der Waals surface area contributed by atoms with Crippen LogP contribution in [0.15, 0.2) is 18.2 Å². The van der Waals surface area contributed by atoms with Crippen LogP contribution in [-0.2, 0) is 0 Å². The lowest BCUT2D eigenvalue weighted by atomic mass is 10.1. The minimum absolute atomic E-state index is 0.424. The minimum Gasteiger partial charge on any atom is -0.369 e. The molecule has 1 aromatic carbocycles. The highest BCUT2D eigenvalue weighted by atomic mass is 35.5. The molecule has 0 aliphatic carbocycles. The Kier molecular flexibility index (Phi) is 5.48. The van der Waals surface area contributed by atoms with Crippen LogP contribution >= 0.6 is 11.6 Å². The molecular weight excluding hydrogens is 286 g/mol. The van der Waals surface area contributed by atoms with Gasteiger partial charge in [0, 0.05) is 19.1 Å². The van der Waals surface area contributed by atoms with E-state index in [-0.39, 0.29) is 0 Å². The number of anilines is 1. The van der Waals surface area contributed by atoms with Crippen LogP contribution in [-0.4, -0.2) is 31.6 Å². The van der Waals surface area contributed by atoms with E-state index in [0.717, 1.165) is 25.3 Å². The van der Waals surface area contributed by atoms with E-state index in [0.29, 0.717) is 22.5 Å². The van der Waals surface area contributed by atoms with Gasteiger partial charge >= 0.3 is 0 Å². The van der Waals surface area contributed by atoms with Crippen LogP contribution in [0.5, 0.6) is 0 Å². The summed E-state index contributed by atoms with van der Waals surface area (Å²) in [5.74, 6) is 0.0230. The molecule has 0 bridgehead atoms. The van der Waals surface area contributed by atoms with E-state index < -0.39 is 5.91 Å². The third kappa shape index (κ3) is 4.11. The first-order valence-corrected chi connectivity index (χ1v) is 7.93. The highest BCUT2D eigenvalue weighted by molar-refractivity contribution is 6.34. The van der Waals surface area contributed by atoms with Gasteiger partial charge in [-0.1, -0.05) is 31.5 Å². The Morgan fingerprint density at radius 3 is 2.86 bits per heavy atom. The molecule has 1 aliphatic rings. The number of carbonyl (C=O) groups excluding carboxylic acids is 1. The number of amides is 1. The normalized spacial score (nSPS) is 18.2. The Morgan fingerprint density at radius 2 is 2.29 bits per heavy atom. The highest BCUT2D eigenvalue weighted by Crippen LogP contribution is 2.28. The van der Waals surface area contributed by atoms with Crippen LogP contribution in [0.1, 0.15) is 37.0 Å². The summed E-state index contributed by atoms with van der Waals surface area (Å²) in [5, 5.41) is 3.93. The van der Waals surface area contributed by atoms with Gasteiger partial charge in [0.25, 0.3) is 5.91 Å². The standard InChI is InChI=1S/C16H24ClN3O/c1-11(2)9-20(10-12-5-4-8-19-12)14-7-3-6-13(17)15(14)16(18)21/h3,6-7,11-12,19H,4-5,8-10H2,1-2H3,(H2,18,21). The van der Waals surface area contributed by atoms with Crippen molar-refractivity contribution in [1.82, 2.24) is 5.32 Å².